The molecule has 0 saturated carbocycles. The fourth-order valence-corrected chi connectivity index (χ4v) is 3.76. The zero-order chi connectivity index (χ0) is 16.0. The first-order valence-electron chi connectivity index (χ1n) is 7.22. The van der Waals surface area contributed by atoms with Crippen molar-refractivity contribution >= 4 is 10.0 Å². The van der Waals surface area contributed by atoms with Gasteiger partial charge < -0.3 is 14.8 Å². The zero-order valence-corrected chi connectivity index (χ0v) is 13.8. The molecular weight excluding hydrogens is 306 g/mol. The van der Waals surface area contributed by atoms with Gasteiger partial charge in [-0.2, -0.15) is 0 Å². The lowest BCUT2D eigenvalue weighted by atomic mass is 10.3. The van der Waals surface area contributed by atoms with Crippen molar-refractivity contribution in [2.24, 2.45) is 0 Å². The molecule has 0 bridgehead atoms. The maximum atomic E-state index is 12.5. The molecule has 1 saturated heterocycles. The Morgan fingerprint density at radius 2 is 1.77 bits per heavy atom. The lowest BCUT2D eigenvalue weighted by Gasteiger charge is -2.27. The highest BCUT2D eigenvalue weighted by Gasteiger charge is 2.24. The first-order valence-corrected chi connectivity index (χ1v) is 8.70. The van der Waals surface area contributed by atoms with Crippen LogP contribution < -0.4 is 19.5 Å². The van der Waals surface area contributed by atoms with E-state index < -0.39 is 10.0 Å². The summed E-state index contributed by atoms with van der Waals surface area (Å²) in [5.74, 6) is 0.544. The van der Waals surface area contributed by atoms with Crippen molar-refractivity contribution < 1.29 is 17.9 Å². The molecule has 1 aromatic carbocycles. The van der Waals surface area contributed by atoms with Gasteiger partial charge in [0.05, 0.1) is 14.2 Å². The Labute approximate surface area is 131 Å². The topological polar surface area (TPSA) is 79.9 Å². The van der Waals surface area contributed by atoms with Gasteiger partial charge in [-0.3, -0.25) is 4.90 Å². The summed E-state index contributed by atoms with van der Waals surface area (Å²) in [5, 5.41) is 3.26. The largest absolute Gasteiger partial charge is 0.495 e. The predicted octanol–water partition coefficient (Wildman–Crippen LogP) is -0.113. The van der Waals surface area contributed by atoms with Crippen LogP contribution in [0.1, 0.15) is 0 Å². The fraction of sp³-hybridized carbons (Fsp3) is 0.571. The third kappa shape index (κ3) is 4.10. The first-order chi connectivity index (χ1) is 10.6. The minimum absolute atomic E-state index is 0.0420. The molecule has 1 aliphatic heterocycles. The highest BCUT2D eigenvalue weighted by atomic mass is 32.2. The quantitative estimate of drug-likeness (QED) is 0.726. The number of nitrogens with one attached hydrogen (secondary N) is 2. The Balaban J connectivity index is 2.06. The van der Waals surface area contributed by atoms with Crippen molar-refractivity contribution in [1.82, 2.24) is 14.9 Å². The molecule has 0 amide bonds. The van der Waals surface area contributed by atoms with E-state index in [1.54, 1.807) is 18.2 Å². The molecule has 0 unspecified atom stereocenters. The van der Waals surface area contributed by atoms with Gasteiger partial charge >= 0.3 is 0 Å². The third-order valence-corrected chi connectivity index (χ3v) is 5.11. The van der Waals surface area contributed by atoms with Gasteiger partial charge in [-0.05, 0) is 12.1 Å². The minimum atomic E-state index is -3.69. The van der Waals surface area contributed by atoms with Gasteiger partial charge in [0, 0.05) is 39.3 Å². The van der Waals surface area contributed by atoms with Crippen molar-refractivity contribution in [2.45, 2.75) is 4.90 Å². The SMILES string of the molecule is COc1cccc(OC)c1S(=O)(=O)NCCN1CCNCC1. The van der Waals surface area contributed by atoms with Crippen molar-refractivity contribution in [2.75, 3.05) is 53.5 Å². The van der Waals surface area contributed by atoms with Gasteiger partial charge in [-0.15, -0.1) is 0 Å². The second kappa shape index (κ2) is 7.77. The van der Waals surface area contributed by atoms with Crippen LogP contribution in [0.3, 0.4) is 0 Å². The molecule has 124 valence electrons. The number of methoxy groups -OCH3 is 2. The molecule has 0 radical (unpaired) electrons. The highest BCUT2D eigenvalue weighted by Crippen LogP contribution is 2.32. The van der Waals surface area contributed by atoms with Gasteiger partial charge in [0.25, 0.3) is 0 Å². The molecule has 2 N–H and O–H groups in total. The minimum Gasteiger partial charge on any atom is -0.495 e. The molecule has 2 rings (SSSR count). The number of benzene rings is 1. The van der Waals surface area contributed by atoms with E-state index in [0.29, 0.717) is 13.1 Å². The normalized spacial score (nSPS) is 16.5. The zero-order valence-electron chi connectivity index (χ0n) is 13.0. The van der Waals surface area contributed by atoms with E-state index in [4.69, 9.17) is 9.47 Å². The summed E-state index contributed by atoms with van der Waals surface area (Å²) >= 11 is 0. The molecule has 22 heavy (non-hydrogen) atoms. The number of hydrogen-bond donors (Lipinski definition) is 2. The van der Waals surface area contributed by atoms with Crippen LogP contribution in [0.15, 0.2) is 23.1 Å². The summed E-state index contributed by atoms with van der Waals surface area (Å²) in [4.78, 5) is 2.26. The Morgan fingerprint density at radius 1 is 1.18 bits per heavy atom. The monoisotopic (exact) mass is 329 g/mol. The van der Waals surface area contributed by atoms with Crippen LogP contribution in [0.25, 0.3) is 0 Å². The Morgan fingerprint density at radius 3 is 2.32 bits per heavy atom. The predicted molar refractivity (Wildman–Crippen MR) is 84.0 cm³/mol. The van der Waals surface area contributed by atoms with E-state index in [1.807, 2.05) is 0 Å². The molecule has 8 heteroatoms. The molecule has 0 atom stereocenters. The van der Waals surface area contributed by atoms with Crippen molar-refractivity contribution in [3.63, 3.8) is 0 Å². The average Bonchev–Trinajstić information content (AvgIpc) is 2.54. The number of ether oxygens (including phenoxy) is 2. The van der Waals surface area contributed by atoms with E-state index in [9.17, 15) is 8.42 Å². The van der Waals surface area contributed by atoms with Crippen LogP contribution in [-0.4, -0.2) is 66.8 Å². The molecule has 1 aliphatic rings. The van der Waals surface area contributed by atoms with Gasteiger partial charge in [0.1, 0.15) is 11.5 Å². The number of piperazine rings is 1. The maximum absolute atomic E-state index is 12.5. The smallest absolute Gasteiger partial charge is 0.248 e. The molecule has 0 spiro atoms. The molecular formula is C14H23N3O4S. The van der Waals surface area contributed by atoms with Crippen LogP contribution in [-0.2, 0) is 10.0 Å². The number of hydrogen-bond acceptors (Lipinski definition) is 6. The van der Waals surface area contributed by atoms with E-state index in [0.717, 1.165) is 26.2 Å². The van der Waals surface area contributed by atoms with Crippen LogP contribution >= 0.6 is 0 Å². The molecule has 1 heterocycles. The standard InChI is InChI=1S/C14H23N3O4S/c1-20-12-4-3-5-13(21-2)14(12)22(18,19)16-8-11-17-9-6-15-7-10-17/h3-5,15-16H,6-11H2,1-2H3. The van der Waals surface area contributed by atoms with Crippen molar-refractivity contribution in [3.8, 4) is 11.5 Å². The van der Waals surface area contributed by atoms with Gasteiger partial charge in [0.2, 0.25) is 10.0 Å². The molecule has 1 aromatic rings. The molecule has 0 aromatic heterocycles. The maximum Gasteiger partial charge on any atom is 0.248 e. The van der Waals surface area contributed by atoms with Gasteiger partial charge in [0.15, 0.2) is 4.90 Å². The lowest BCUT2D eigenvalue weighted by molar-refractivity contribution is 0.245. The van der Waals surface area contributed by atoms with E-state index in [1.165, 1.54) is 14.2 Å². The van der Waals surface area contributed by atoms with Crippen LogP contribution in [0.4, 0.5) is 0 Å². The number of nitrogens with zero attached hydrogens (tertiary/aromatic N) is 1. The summed E-state index contributed by atoms with van der Waals surface area (Å²) < 4.78 is 38.0. The highest BCUT2D eigenvalue weighted by molar-refractivity contribution is 7.89. The van der Waals surface area contributed by atoms with E-state index >= 15 is 0 Å². The Bertz CT molecular complexity index is 564. The molecule has 7 nitrogen and oxygen atoms in total. The summed E-state index contributed by atoms with van der Waals surface area (Å²) in [5.41, 5.74) is 0. The average molecular weight is 329 g/mol. The van der Waals surface area contributed by atoms with Gasteiger partial charge in [-0.25, -0.2) is 13.1 Å². The van der Waals surface area contributed by atoms with E-state index in [-0.39, 0.29) is 16.4 Å². The Kier molecular flexibility index (Phi) is 6.01. The van der Waals surface area contributed by atoms with Gasteiger partial charge in [-0.1, -0.05) is 6.07 Å². The fourth-order valence-electron chi connectivity index (χ4n) is 2.43. The second-order valence-corrected chi connectivity index (χ2v) is 6.68. The summed E-state index contributed by atoms with van der Waals surface area (Å²) in [6.45, 7) is 4.77. The third-order valence-electron chi connectivity index (χ3n) is 3.58. The second-order valence-electron chi connectivity index (χ2n) is 4.98. The van der Waals surface area contributed by atoms with Crippen LogP contribution in [0, 0.1) is 0 Å². The van der Waals surface area contributed by atoms with Crippen molar-refractivity contribution in [3.05, 3.63) is 18.2 Å². The molecule has 1 fully saturated rings. The number of rotatable bonds is 7. The summed E-state index contributed by atoms with van der Waals surface area (Å²) in [6.07, 6.45) is 0. The summed E-state index contributed by atoms with van der Waals surface area (Å²) in [7, 11) is -0.811. The van der Waals surface area contributed by atoms with E-state index in [2.05, 4.69) is 14.9 Å². The molecule has 0 aliphatic carbocycles. The first kappa shape index (κ1) is 17.0. The Hall–Kier alpha value is -1.35. The van der Waals surface area contributed by atoms with Crippen LogP contribution in [0.2, 0.25) is 0 Å². The van der Waals surface area contributed by atoms with Crippen molar-refractivity contribution in [1.29, 1.82) is 0 Å². The summed E-state index contributed by atoms with van der Waals surface area (Å²) in [6, 6.07) is 4.90. The number of sulfonamides is 1. The lowest BCUT2D eigenvalue weighted by Crippen LogP contribution is -2.46. The van der Waals surface area contributed by atoms with Crippen LogP contribution in [0.5, 0.6) is 11.5 Å².